The number of rotatable bonds is 14. The highest BCUT2D eigenvalue weighted by molar-refractivity contribution is 6.99. The number of carbonyl (C=O) groups excluding carboxylic acids is 1. The van der Waals surface area contributed by atoms with E-state index in [2.05, 4.69) is 127 Å². The molecule has 0 aliphatic heterocycles. The summed E-state index contributed by atoms with van der Waals surface area (Å²) < 4.78 is 7.17. The molecule has 40 heavy (non-hydrogen) atoms. The maximum Gasteiger partial charge on any atom is 0.261 e. The monoisotopic (exact) mass is 557 g/mol. The van der Waals surface area contributed by atoms with Gasteiger partial charge in [-0.05, 0) is 64.9 Å². The highest BCUT2D eigenvalue weighted by Crippen LogP contribution is 2.37. The van der Waals surface area contributed by atoms with Crippen LogP contribution in [0.3, 0.4) is 0 Å². The number of hydrogen-bond acceptors (Lipinski definition) is 2. The Balaban J connectivity index is 1.54. The van der Waals surface area contributed by atoms with E-state index < -0.39 is 8.32 Å². The van der Waals surface area contributed by atoms with E-state index in [1.165, 1.54) is 10.4 Å². The van der Waals surface area contributed by atoms with Gasteiger partial charge in [-0.2, -0.15) is 0 Å². The third-order valence-electron chi connectivity index (χ3n) is 8.15. The quantitative estimate of drug-likeness (QED) is 0.205. The second kappa shape index (κ2) is 14.8. The molecule has 0 unspecified atom stereocenters. The molecule has 0 saturated heterocycles. The second-order valence-corrected chi connectivity index (χ2v) is 17.3. The zero-order valence-corrected chi connectivity index (χ0v) is 26.8. The molecule has 4 heteroatoms. The van der Waals surface area contributed by atoms with Crippen LogP contribution in [0.1, 0.15) is 85.8 Å². The van der Waals surface area contributed by atoms with Crippen molar-refractivity contribution in [2.24, 2.45) is 17.8 Å². The van der Waals surface area contributed by atoms with Crippen molar-refractivity contribution in [3.05, 3.63) is 96.6 Å². The Bertz CT molecular complexity index is 1100. The normalized spacial score (nSPS) is 15.2. The fraction of sp³-hybridized carbons (Fsp3) is 0.472. The first-order valence-corrected chi connectivity index (χ1v) is 17.0. The minimum atomic E-state index is -2.50. The summed E-state index contributed by atoms with van der Waals surface area (Å²) in [4.78, 5) is 12.6. The van der Waals surface area contributed by atoms with Crippen LogP contribution in [0.2, 0.25) is 5.04 Å². The molecule has 0 heterocycles. The molecule has 0 aromatic heterocycles. The molecule has 1 amide bonds. The first kappa shape index (κ1) is 31.8. The minimum absolute atomic E-state index is 0.00582. The molecular weight excluding hydrogens is 506 g/mol. The predicted molar refractivity (Wildman–Crippen MR) is 173 cm³/mol. The molecule has 0 aliphatic rings. The van der Waals surface area contributed by atoms with Gasteiger partial charge < -0.3 is 9.74 Å². The average Bonchev–Trinajstić information content (AvgIpc) is 2.93. The van der Waals surface area contributed by atoms with Crippen molar-refractivity contribution in [1.29, 1.82) is 0 Å². The summed E-state index contributed by atoms with van der Waals surface area (Å²) in [5.41, 5.74) is 1.15. The molecular formula is C36H51NO2Si. The molecule has 3 aromatic carbocycles. The van der Waals surface area contributed by atoms with Gasteiger partial charge in [-0.15, -0.1) is 0 Å². The molecule has 0 aliphatic carbocycles. The largest absolute Gasteiger partial charge is 0.407 e. The molecule has 3 nitrogen and oxygen atoms in total. The Morgan fingerprint density at radius 3 is 1.70 bits per heavy atom. The zero-order chi connectivity index (χ0) is 29.2. The van der Waals surface area contributed by atoms with E-state index in [-0.39, 0.29) is 17.0 Å². The maximum absolute atomic E-state index is 12.6. The van der Waals surface area contributed by atoms with Crippen LogP contribution < -0.4 is 15.7 Å². The van der Waals surface area contributed by atoms with Crippen molar-refractivity contribution >= 4 is 24.6 Å². The van der Waals surface area contributed by atoms with Crippen LogP contribution in [0, 0.1) is 17.8 Å². The van der Waals surface area contributed by atoms with E-state index in [4.69, 9.17) is 4.43 Å². The number of hydrogen-bond donors (Lipinski definition) is 1. The maximum atomic E-state index is 12.6. The smallest absolute Gasteiger partial charge is 0.261 e. The second-order valence-electron chi connectivity index (χ2n) is 13.0. The summed E-state index contributed by atoms with van der Waals surface area (Å²) >= 11 is 0. The Morgan fingerprint density at radius 2 is 1.20 bits per heavy atom. The number of carbonyl (C=O) groups is 1. The third kappa shape index (κ3) is 8.65. The lowest BCUT2D eigenvalue weighted by atomic mass is 9.88. The molecule has 0 spiro atoms. The summed E-state index contributed by atoms with van der Waals surface area (Å²) in [5, 5.41) is 5.82. The average molecular weight is 558 g/mol. The van der Waals surface area contributed by atoms with Crippen LogP contribution in [0.25, 0.3) is 0 Å². The standard InChI is InChI=1S/C36H51NO2Si/c1-28(23-24-35(38)37-31(4)32-17-11-8-12-18-32)25-29(2)26-30(3)27-39-40(36(5,6)7,33-19-13-9-14-20-33)34-21-15-10-16-22-34/h8-22,28-31H,23-27H2,1-7H3,(H,37,38)/t28-,29+,30+,31+/m1/s1. The van der Waals surface area contributed by atoms with Crippen LogP contribution in [-0.2, 0) is 9.22 Å². The molecule has 0 saturated carbocycles. The van der Waals surface area contributed by atoms with Crippen LogP contribution in [0.5, 0.6) is 0 Å². The molecule has 0 fully saturated rings. The van der Waals surface area contributed by atoms with E-state index in [1.807, 2.05) is 18.2 Å². The molecule has 0 bridgehead atoms. The Kier molecular flexibility index (Phi) is 11.8. The van der Waals surface area contributed by atoms with E-state index >= 15 is 0 Å². The lowest BCUT2D eigenvalue weighted by Gasteiger charge is -2.43. The highest BCUT2D eigenvalue weighted by atomic mass is 28.4. The van der Waals surface area contributed by atoms with Crippen LogP contribution in [0.4, 0.5) is 0 Å². The summed E-state index contributed by atoms with van der Waals surface area (Å²) in [7, 11) is -2.50. The van der Waals surface area contributed by atoms with Crippen LogP contribution in [0.15, 0.2) is 91.0 Å². The third-order valence-corrected chi connectivity index (χ3v) is 13.2. The van der Waals surface area contributed by atoms with Crippen molar-refractivity contribution in [2.75, 3.05) is 6.61 Å². The molecule has 0 radical (unpaired) electrons. The zero-order valence-electron chi connectivity index (χ0n) is 25.8. The van der Waals surface area contributed by atoms with Crippen molar-refractivity contribution in [3.63, 3.8) is 0 Å². The number of amides is 1. The van der Waals surface area contributed by atoms with Gasteiger partial charge in [0.1, 0.15) is 0 Å². The Hall–Kier alpha value is -2.69. The van der Waals surface area contributed by atoms with Crippen molar-refractivity contribution in [2.45, 2.75) is 85.2 Å². The molecule has 3 rings (SSSR count). The fourth-order valence-corrected chi connectivity index (χ4v) is 10.9. The summed E-state index contributed by atoms with van der Waals surface area (Å²) in [5.74, 6) is 1.69. The van der Waals surface area contributed by atoms with E-state index in [1.54, 1.807) is 0 Å². The van der Waals surface area contributed by atoms with Gasteiger partial charge in [0.2, 0.25) is 5.91 Å². The van der Waals surface area contributed by atoms with Gasteiger partial charge >= 0.3 is 0 Å². The Morgan fingerprint density at radius 1 is 0.725 bits per heavy atom. The number of benzene rings is 3. The van der Waals surface area contributed by atoms with Crippen molar-refractivity contribution in [1.82, 2.24) is 5.32 Å². The van der Waals surface area contributed by atoms with Gasteiger partial charge in [0, 0.05) is 13.0 Å². The van der Waals surface area contributed by atoms with Gasteiger partial charge in [-0.3, -0.25) is 4.79 Å². The fourth-order valence-electron chi connectivity index (χ4n) is 6.20. The number of nitrogens with one attached hydrogen (secondary N) is 1. The van der Waals surface area contributed by atoms with Gasteiger partial charge in [0.15, 0.2) is 0 Å². The van der Waals surface area contributed by atoms with Gasteiger partial charge in [0.25, 0.3) is 8.32 Å². The molecule has 1 N–H and O–H groups in total. The first-order chi connectivity index (χ1) is 19.0. The van der Waals surface area contributed by atoms with Crippen LogP contribution >= 0.6 is 0 Å². The topological polar surface area (TPSA) is 38.3 Å². The van der Waals surface area contributed by atoms with Gasteiger partial charge in [0.05, 0.1) is 6.04 Å². The van der Waals surface area contributed by atoms with Crippen molar-refractivity contribution < 1.29 is 9.22 Å². The van der Waals surface area contributed by atoms with Crippen LogP contribution in [-0.4, -0.2) is 20.8 Å². The summed E-state index contributed by atoms with van der Waals surface area (Å²) in [6.07, 6.45) is 3.76. The molecule has 216 valence electrons. The lowest BCUT2D eigenvalue weighted by molar-refractivity contribution is -0.122. The highest BCUT2D eigenvalue weighted by Gasteiger charge is 2.50. The first-order valence-electron chi connectivity index (χ1n) is 15.1. The summed E-state index contributed by atoms with van der Waals surface area (Å²) in [6, 6.07) is 32.0. The van der Waals surface area contributed by atoms with E-state index in [0.717, 1.165) is 31.4 Å². The predicted octanol–water partition coefficient (Wildman–Crippen LogP) is 7.91. The molecule has 4 atom stereocenters. The van der Waals surface area contributed by atoms with Crippen molar-refractivity contribution in [3.8, 4) is 0 Å². The van der Waals surface area contributed by atoms with Gasteiger partial charge in [-0.1, -0.05) is 133 Å². The SMILES string of the molecule is C[C@@H](C[C@H](C)CCC(=O)N[C@@H](C)c1ccccc1)C[C@H](C)CO[Si](c1ccccc1)(c1ccccc1)C(C)(C)C. The molecule has 3 aromatic rings. The van der Waals surface area contributed by atoms with E-state index in [0.29, 0.717) is 24.2 Å². The summed E-state index contributed by atoms with van der Waals surface area (Å²) in [6.45, 7) is 16.8. The van der Waals surface area contributed by atoms with E-state index in [9.17, 15) is 4.79 Å². The van der Waals surface area contributed by atoms with Gasteiger partial charge in [-0.25, -0.2) is 0 Å². The minimum Gasteiger partial charge on any atom is -0.407 e. The Labute approximate surface area is 244 Å². The lowest BCUT2D eigenvalue weighted by Crippen LogP contribution is -2.66.